The first-order chi connectivity index (χ1) is 6.05. The van der Waals surface area contributed by atoms with Gasteiger partial charge in [-0.05, 0) is 33.1 Å². The van der Waals surface area contributed by atoms with Crippen LogP contribution in [0.15, 0.2) is 0 Å². The Labute approximate surface area is 78.1 Å². The van der Waals surface area contributed by atoms with Gasteiger partial charge in [-0.15, -0.1) is 0 Å². The summed E-state index contributed by atoms with van der Waals surface area (Å²) in [7, 11) is 0. The third-order valence-corrected chi connectivity index (χ3v) is 3.67. The molecular weight excluding hydrogens is 172 g/mol. The maximum atomic E-state index is 12.6. The van der Waals surface area contributed by atoms with Gasteiger partial charge in [-0.3, -0.25) is 4.90 Å². The largest absolute Gasteiger partial charge is 0.297 e. The third-order valence-electron chi connectivity index (χ3n) is 3.67. The molecule has 1 nitrogen and oxygen atoms in total. The molecule has 0 aromatic rings. The molecule has 0 aromatic heterocycles. The molecule has 1 aliphatic heterocycles. The highest BCUT2D eigenvalue weighted by molar-refractivity contribution is 5.01. The van der Waals surface area contributed by atoms with E-state index in [9.17, 15) is 8.78 Å². The van der Waals surface area contributed by atoms with Crippen molar-refractivity contribution < 1.29 is 8.78 Å². The van der Waals surface area contributed by atoms with E-state index >= 15 is 0 Å². The maximum Gasteiger partial charge on any atom is 0.245 e. The summed E-state index contributed by atoms with van der Waals surface area (Å²) in [5, 5.41) is 0. The number of halogens is 2. The van der Waals surface area contributed by atoms with Crippen LogP contribution in [0.5, 0.6) is 0 Å². The van der Waals surface area contributed by atoms with Crippen LogP contribution in [-0.4, -0.2) is 30.0 Å². The number of rotatable bonds is 3. The average Bonchev–Trinajstić information content (AvgIpc) is 2.81. The Morgan fingerprint density at radius 3 is 2.15 bits per heavy atom. The van der Waals surface area contributed by atoms with Gasteiger partial charge in [-0.2, -0.15) is 0 Å². The van der Waals surface area contributed by atoms with Crippen molar-refractivity contribution in [2.24, 2.45) is 5.41 Å². The molecule has 2 atom stereocenters. The first-order valence-electron chi connectivity index (χ1n) is 5.09. The summed E-state index contributed by atoms with van der Waals surface area (Å²) in [4.78, 5) is 2.22. The van der Waals surface area contributed by atoms with Crippen LogP contribution in [0, 0.1) is 5.41 Å². The quantitative estimate of drug-likeness (QED) is 0.659. The molecule has 2 fully saturated rings. The summed E-state index contributed by atoms with van der Waals surface area (Å²) in [5.74, 6) is 0. The Hall–Kier alpha value is -0.180. The van der Waals surface area contributed by atoms with Crippen molar-refractivity contribution in [3.05, 3.63) is 0 Å². The smallest absolute Gasteiger partial charge is 0.245 e. The van der Waals surface area contributed by atoms with Crippen LogP contribution in [0.25, 0.3) is 0 Å². The van der Waals surface area contributed by atoms with Crippen LogP contribution in [0.2, 0.25) is 0 Å². The van der Waals surface area contributed by atoms with Crippen LogP contribution in [0.3, 0.4) is 0 Å². The number of likely N-dealkylation sites (tertiary alicyclic amines) is 1. The summed E-state index contributed by atoms with van der Waals surface area (Å²) in [5.41, 5.74) is -0.622. The summed E-state index contributed by atoms with van der Waals surface area (Å²) in [6.07, 6.45) is 0.494. The van der Waals surface area contributed by atoms with Crippen molar-refractivity contribution in [1.82, 2.24) is 4.90 Å². The van der Waals surface area contributed by atoms with Crippen LogP contribution in [0.1, 0.15) is 33.1 Å². The Bertz CT molecular complexity index is 193. The molecule has 3 heteroatoms. The molecule has 2 aliphatic rings. The van der Waals surface area contributed by atoms with Gasteiger partial charge in [-0.25, -0.2) is 8.78 Å². The van der Waals surface area contributed by atoms with Crippen molar-refractivity contribution in [1.29, 1.82) is 0 Å². The molecule has 13 heavy (non-hydrogen) atoms. The van der Waals surface area contributed by atoms with Gasteiger partial charge < -0.3 is 0 Å². The fraction of sp³-hybridized carbons (Fsp3) is 1.00. The zero-order chi connectivity index (χ0) is 9.64. The highest BCUT2D eigenvalue weighted by Gasteiger charge is 2.53. The monoisotopic (exact) mass is 189 g/mol. The summed E-state index contributed by atoms with van der Waals surface area (Å²) in [6, 6.07) is 1.04. The summed E-state index contributed by atoms with van der Waals surface area (Å²) >= 11 is 0. The van der Waals surface area contributed by atoms with Gasteiger partial charge in [0.2, 0.25) is 6.43 Å². The number of hydrogen-bond acceptors (Lipinski definition) is 1. The molecule has 2 rings (SSSR count). The maximum absolute atomic E-state index is 12.6. The molecule has 1 saturated carbocycles. The molecule has 0 amide bonds. The van der Waals surface area contributed by atoms with Gasteiger partial charge in [0.05, 0.1) is 0 Å². The van der Waals surface area contributed by atoms with E-state index in [2.05, 4.69) is 18.7 Å². The van der Waals surface area contributed by atoms with Gasteiger partial charge >= 0.3 is 0 Å². The molecular formula is C10H17F2N. The van der Waals surface area contributed by atoms with Crippen LogP contribution >= 0.6 is 0 Å². The molecule has 2 unspecified atom stereocenters. The normalized spacial score (nSPS) is 37.6. The van der Waals surface area contributed by atoms with Crippen molar-refractivity contribution in [3.8, 4) is 0 Å². The molecule has 0 bridgehead atoms. The Balaban J connectivity index is 1.90. The van der Waals surface area contributed by atoms with E-state index in [1.54, 1.807) is 0 Å². The van der Waals surface area contributed by atoms with Crippen molar-refractivity contribution in [3.63, 3.8) is 0 Å². The van der Waals surface area contributed by atoms with E-state index < -0.39 is 11.8 Å². The van der Waals surface area contributed by atoms with Crippen LogP contribution in [-0.2, 0) is 0 Å². The Morgan fingerprint density at radius 2 is 1.85 bits per heavy atom. The molecule has 0 N–H and O–H groups in total. The molecule has 0 aromatic carbocycles. The van der Waals surface area contributed by atoms with E-state index in [1.807, 2.05) is 0 Å². The average molecular weight is 189 g/mol. The number of nitrogens with zero attached hydrogens (tertiary/aromatic N) is 1. The van der Waals surface area contributed by atoms with E-state index in [-0.39, 0.29) is 0 Å². The van der Waals surface area contributed by atoms with E-state index in [0.717, 1.165) is 12.8 Å². The van der Waals surface area contributed by atoms with E-state index in [4.69, 9.17) is 0 Å². The van der Waals surface area contributed by atoms with Crippen molar-refractivity contribution in [2.45, 2.75) is 51.6 Å². The minimum Gasteiger partial charge on any atom is -0.297 e. The predicted octanol–water partition coefficient (Wildman–Crippen LogP) is 2.51. The molecule has 0 spiro atoms. The fourth-order valence-electron chi connectivity index (χ4n) is 2.34. The van der Waals surface area contributed by atoms with Crippen molar-refractivity contribution in [2.75, 3.05) is 6.54 Å². The molecule has 76 valence electrons. The predicted molar refractivity (Wildman–Crippen MR) is 47.9 cm³/mol. The van der Waals surface area contributed by atoms with Crippen LogP contribution < -0.4 is 0 Å². The van der Waals surface area contributed by atoms with Gasteiger partial charge in [0.15, 0.2) is 0 Å². The summed E-state index contributed by atoms with van der Waals surface area (Å²) < 4.78 is 25.2. The standard InChI is InChI=1S/C10H17F2N/c1-7-5-8(2)13(7)6-10(3-4-10)9(11)12/h7-9H,3-6H2,1-2H3. The van der Waals surface area contributed by atoms with Gasteiger partial charge in [0.25, 0.3) is 0 Å². The molecule has 1 heterocycles. The Kier molecular flexibility index (Phi) is 2.10. The van der Waals surface area contributed by atoms with E-state index in [0.29, 0.717) is 18.6 Å². The lowest BCUT2D eigenvalue weighted by molar-refractivity contribution is -0.0280. The lowest BCUT2D eigenvalue weighted by Gasteiger charge is -2.47. The second kappa shape index (κ2) is 2.91. The van der Waals surface area contributed by atoms with Crippen LogP contribution in [0.4, 0.5) is 8.78 Å². The number of hydrogen-bond donors (Lipinski definition) is 0. The van der Waals surface area contributed by atoms with Crippen molar-refractivity contribution >= 4 is 0 Å². The fourth-order valence-corrected chi connectivity index (χ4v) is 2.34. The zero-order valence-electron chi connectivity index (χ0n) is 8.26. The van der Waals surface area contributed by atoms with Gasteiger partial charge in [-0.1, -0.05) is 0 Å². The topological polar surface area (TPSA) is 3.24 Å². The lowest BCUT2D eigenvalue weighted by atomic mass is 9.92. The SMILES string of the molecule is CC1CC(C)N1CC1(C(F)F)CC1. The molecule has 0 radical (unpaired) electrons. The second-order valence-electron chi connectivity index (χ2n) is 4.77. The number of alkyl halides is 2. The molecule has 1 aliphatic carbocycles. The first-order valence-corrected chi connectivity index (χ1v) is 5.09. The lowest BCUT2D eigenvalue weighted by Crippen LogP contribution is -2.55. The third kappa shape index (κ3) is 1.47. The second-order valence-corrected chi connectivity index (χ2v) is 4.77. The molecule has 1 saturated heterocycles. The minimum atomic E-state index is -2.12. The van der Waals surface area contributed by atoms with Gasteiger partial charge in [0, 0.05) is 24.0 Å². The van der Waals surface area contributed by atoms with E-state index in [1.165, 1.54) is 6.42 Å². The highest BCUT2D eigenvalue weighted by atomic mass is 19.3. The summed E-state index contributed by atoms with van der Waals surface area (Å²) in [6.45, 7) is 4.87. The zero-order valence-corrected chi connectivity index (χ0v) is 8.26. The first kappa shape index (κ1) is 9.38. The minimum absolute atomic E-state index is 0.520. The van der Waals surface area contributed by atoms with Gasteiger partial charge in [0.1, 0.15) is 0 Å². The highest BCUT2D eigenvalue weighted by Crippen LogP contribution is 2.52. The Morgan fingerprint density at radius 1 is 1.31 bits per heavy atom.